The molecule has 19 heavy (non-hydrogen) atoms. The number of carbonyl (C=O) groups is 1. The van der Waals surface area contributed by atoms with Gasteiger partial charge in [0.15, 0.2) is 0 Å². The molecule has 1 atom stereocenters. The molecule has 0 aromatic heterocycles. The zero-order valence-corrected chi connectivity index (χ0v) is 11.0. The Kier molecular flexibility index (Phi) is 3.32. The van der Waals surface area contributed by atoms with Crippen molar-refractivity contribution in [3.63, 3.8) is 0 Å². The molecule has 1 aliphatic carbocycles. The highest BCUT2D eigenvalue weighted by Crippen LogP contribution is 2.30. The van der Waals surface area contributed by atoms with Gasteiger partial charge in [-0.1, -0.05) is 12.5 Å². The largest absolute Gasteiger partial charge is 0.488 e. The van der Waals surface area contributed by atoms with Gasteiger partial charge in [0.05, 0.1) is 6.54 Å². The summed E-state index contributed by atoms with van der Waals surface area (Å²) in [6.07, 6.45) is 4.35. The molecule has 0 radical (unpaired) electrons. The van der Waals surface area contributed by atoms with Crippen molar-refractivity contribution in [2.45, 2.75) is 31.8 Å². The summed E-state index contributed by atoms with van der Waals surface area (Å²) in [5, 5.41) is 0. The summed E-state index contributed by atoms with van der Waals surface area (Å²) in [5.41, 5.74) is 6.44. The second kappa shape index (κ2) is 5.11. The summed E-state index contributed by atoms with van der Waals surface area (Å²) < 4.78 is 5.89. The first-order chi connectivity index (χ1) is 9.22. The first kappa shape index (κ1) is 12.3. The van der Waals surface area contributed by atoms with Crippen molar-refractivity contribution in [3.05, 3.63) is 24.3 Å². The minimum atomic E-state index is 0.103. The van der Waals surface area contributed by atoms with Crippen LogP contribution in [0.2, 0.25) is 0 Å². The van der Waals surface area contributed by atoms with E-state index in [4.69, 9.17) is 10.5 Å². The van der Waals surface area contributed by atoms with Crippen molar-refractivity contribution in [2.24, 2.45) is 5.92 Å². The first-order valence-corrected chi connectivity index (χ1v) is 7.03. The quantitative estimate of drug-likeness (QED) is 0.846. The van der Waals surface area contributed by atoms with E-state index in [0.29, 0.717) is 18.1 Å². The number of ether oxygens (including phenoxy) is 1. The Labute approximate surface area is 113 Å². The van der Waals surface area contributed by atoms with Gasteiger partial charge < -0.3 is 15.4 Å². The monoisotopic (exact) mass is 260 g/mol. The number of rotatable bonds is 3. The number of nitrogens with two attached hydrogens (primary N) is 1. The third-order valence-corrected chi connectivity index (χ3v) is 4.07. The number of amides is 1. The van der Waals surface area contributed by atoms with Crippen molar-refractivity contribution in [1.29, 1.82) is 0 Å². The Morgan fingerprint density at radius 3 is 2.84 bits per heavy atom. The van der Waals surface area contributed by atoms with Crippen molar-refractivity contribution in [3.8, 4) is 5.75 Å². The number of nitrogens with zero attached hydrogens (tertiary/aromatic N) is 1. The standard InChI is InChI=1S/C15H20N2O2/c16-12-5-2-6-13(9-12)19-14-7-8-17(10-14)15(18)11-3-1-4-11/h2,5-6,9,11,14H,1,3-4,7-8,10,16H2. The Balaban J connectivity index is 1.55. The van der Waals surface area contributed by atoms with Crippen LogP contribution in [0.3, 0.4) is 0 Å². The van der Waals surface area contributed by atoms with E-state index in [0.717, 1.165) is 31.6 Å². The van der Waals surface area contributed by atoms with Crippen molar-refractivity contribution >= 4 is 11.6 Å². The van der Waals surface area contributed by atoms with Gasteiger partial charge in [-0.2, -0.15) is 0 Å². The molecule has 1 amide bonds. The molecule has 1 heterocycles. The lowest BCUT2D eigenvalue weighted by Crippen LogP contribution is -2.38. The summed E-state index contributed by atoms with van der Waals surface area (Å²) in [6, 6.07) is 7.47. The smallest absolute Gasteiger partial charge is 0.225 e. The molecule has 0 bridgehead atoms. The fourth-order valence-electron chi connectivity index (χ4n) is 2.72. The molecular formula is C15H20N2O2. The van der Waals surface area contributed by atoms with Gasteiger partial charge in [0, 0.05) is 30.6 Å². The van der Waals surface area contributed by atoms with Gasteiger partial charge in [0.25, 0.3) is 0 Å². The number of benzene rings is 1. The van der Waals surface area contributed by atoms with E-state index in [1.807, 2.05) is 29.2 Å². The predicted molar refractivity (Wildman–Crippen MR) is 73.8 cm³/mol. The van der Waals surface area contributed by atoms with Gasteiger partial charge in [-0.15, -0.1) is 0 Å². The molecule has 0 spiro atoms. The average molecular weight is 260 g/mol. The third-order valence-electron chi connectivity index (χ3n) is 4.07. The van der Waals surface area contributed by atoms with Gasteiger partial charge in [0.1, 0.15) is 11.9 Å². The van der Waals surface area contributed by atoms with E-state index in [1.54, 1.807) is 0 Å². The van der Waals surface area contributed by atoms with Crippen LogP contribution in [-0.2, 0) is 4.79 Å². The summed E-state index contributed by atoms with van der Waals surface area (Å²) in [5.74, 6) is 1.40. The molecule has 102 valence electrons. The molecule has 1 aromatic rings. The van der Waals surface area contributed by atoms with Crippen LogP contribution in [0.25, 0.3) is 0 Å². The van der Waals surface area contributed by atoms with E-state index in [2.05, 4.69) is 0 Å². The van der Waals surface area contributed by atoms with Gasteiger partial charge >= 0.3 is 0 Å². The van der Waals surface area contributed by atoms with Crippen molar-refractivity contribution in [2.75, 3.05) is 18.8 Å². The van der Waals surface area contributed by atoms with Crippen molar-refractivity contribution < 1.29 is 9.53 Å². The maximum atomic E-state index is 12.1. The van der Waals surface area contributed by atoms with E-state index >= 15 is 0 Å². The Morgan fingerprint density at radius 1 is 1.32 bits per heavy atom. The molecule has 1 saturated heterocycles. The highest BCUT2D eigenvalue weighted by Gasteiger charge is 2.34. The van der Waals surface area contributed by atoms with E-state index in [-0.39, 0.29) is 12.0 Å². The van der Waals surface area contributed by atoms with Crippen LogP contribution >= 0.6 is 0 Å². The highest BCUT2D eigenvalue weighted by molar-refractivity contribution is 5.79. The molecule has 1 unspecified atom stereocenters. The van der Waals surface area contributed by atoms with Crippen LogP contribution in [0.5, 0.6) is 5.75 Å². The molecular weight excluding hydrogens is 240 g/mol. The number of hydrogen-bond donors (Lipinski definition) is 1. The van der Waals surface area contributed by atoms with Crippen LogP contribution in [0, 0.1) is 5.92 Å². The normalized spacial score (nSPS) is 23.2. The third kappa shape index (κ3) is 2.67. The van der Waals surface area contributed by atoms with E-state index < -0.39 is 0 Å². The molecule has 4 nitrogen and oxygen atoms in total. The maximum Gasteiger partial charge on any atom is 0.225 e. The number of carbonyl (C=O) groups excluding carboxylic acids is 1. The summed E-state index contributed by atoms with van der Waals surface area (Å²) >= 11 is 0. The maximum absolute atomic E-state index is 12.1. The molecule has 2 N–H and O–H groups in total. The lowest BCUT2D eigenvalue weighted by Gasteiger charge is -2.29. The predicted octanol–water partition coefficient (Wildman–Crippen LogP) is 2.05. The van der Waals surface area contributed by atoms with Crippen molar-refractivity contribution in [1.82, 2.24) is 4.90 Å². The molecule has 1 aromatic carbocycles. The SMILES string of the molecule is Nc1cccc(OC2CCN(C(=O)C3CCC3)C2)c1. The van der Waals surface area contributed by atoms with E-state index in [1.165, 1.54) is 6.42 Å². The van der Waals surface area contributed by atoms with Crippen LogP contribution in [0.1, 0.15) is 25.7 Å². The Morgan fingerprint density at radius 2 is 2.16 bits per heavy atom. The van der Waals surface area contributed by atoms with Crippen LogP contribution < -0.4 is 10.5 Å². The second-order valence-electron chi connectivity index (χ2n) is 5.51. The van der Waals surface area contributed by atoms with Gasteiger partial charge in [-0.3, -0.25) is 4.79 Å². The topological polar surface area (TPSA) is 55.6 Å². The molecule has 4 heteroatoms. The summed E-state index contributed by atoms with van der Waals surface area (Å²) in [6.45, 7) is 1.53. The Bertz CT molecular complexity index is 471. The second-order valence-corrected chi connectivity index (χ2v) is 5.51. The van der Waals surface area contributed by atoms with Gasteiger partial charge in [-0.05, 0) is 25.0 Å². The van der Waals surface area contributed by atoms with E-state index in [9.17, 15) is 4.79 Å². The zero-order valence-electron chi connectivity index (χ0n) is 11.0. The summed E-state index contributed by atoms with van der Waals surface area (Å²) in [4.78, 5) is 14.1. The molecule has 1 aliphatic heterocycles. The average Bonchev–Trinajstić information content (AvgIpc) is 2.75. The Hall–Kier alpha value is -1.71. The number of anilines is 1. The number of hydrogen-bond acceptors (Lipinski definition) is 3. The molecule has 1 saturated carbocycles. The molecule has 2 aliphatic rings. The number of likely N-dealkylation sites (tertiary alicyclic amines) is 1. The summed E-state index contributed by atoms with van der Waals surface area (Å²) in [7, 11) is 0. The van der Waals surface area contributed by atoms with Crippen LogP contribution in [0.15, 0.2) is 24.3 Å². The molecule has 3 rings (SSSR count). The van der Waals surface area contributed by atoms with Crippen LogP contribution in [-0.4, -0.2) is 30.0 Å². The van der Waals surface area contributed by atoms with Gasteiger partial charge in [0.2, 0.25) is 5.91 Å². The lowest BCUT2D eigenvalue weighted by atomic mass is 9.84. The fraction of sp³-hybridized carbons (Fsp3) is 0.533. The zero-order chi connectivity index (χ0) is 13.2. The minimum absolute atomic E-state index is 0.103. The minimum Gasteiger partial charge on any atom is -0.488 e. The first-order valence-electron chi connectivity index (χ1n) is 7.03. The lowest BCUT2D eigenvalue weighted by molar-refractivity contribution is -0.137. The molecule has 2 fully saturated rings. The van der Waals surface area contributed by atoms with Crippen LogP contribution in [0.4, 0.5) is 5.69 Å². The fourth-order valence-corrected chi connectivity index (χ4v) is 2.72. The highest BCUT2D eigenvalue weighted by atomic mass is 16.5. The number of nitrogen functional groups attached to an aromatic ring is 1. The van der Waals surface area contributed by atoms with Gasteiger partial charge in [-0.25, -0.2) is 0 Å².